The predicted molar refractivity (Wildman–Crippen MR) is 126 cm³/mol. The molecular formula is C26H24F3N5O. The first-order chi connectivity index (χ1) is 16.8. The molecule has 4 heterocycles. The third-order valence-corrected chi connectivity index (χ3v) is 7.51. The topological polar surface area (TPSA) is 62.5 Å². The molecule has 2 unspecified atom stereocenters. The fourth-order valence-electron chi connectivity index (χ4n) is 5.70. The van der Waals surface area contributed by atoms with Crippen molar-refractivity contribution in [2.45, 2.75) is 50.0 Å². The van der Waals surface area contributed by atoms with Crippen LogP contribution in [0.5, 0.6) is 0 Å². The average Bonchev–Trinajstić information content (AvgIpc) is 3.33. The largest absolute Gasteiger partial charge is 0.433 e. The van der Waals surface area contributed by atoms with Crippen molar-refractivity contribution in [2.24, 2.45) is 0 Å². The highest BCUT2D eigenvalue weighted by atomic mass is 19.4. The molecule has 4 aromatic rings. The number of amides is 1. The summed E-state index contributed by atoms with van der Waals surface area (Å²) in [5.74, 6) is -0.440. The third-order valence-electron chi connectivity index (χ3n) is 7.51. The van der Waals surface area contributed by atoms with Gasteiger partial charge in [-0.25, -0.2) is 9.50 Å². The van der Waals surface area contributed by atoms with Crippen molar-refractivity contribution < 1.29 is 18.0 Å². The van der Waals surface area contributed by atoms with Gasteiger partial charge in [-0.2, -0.15) is 18.3 Å². The van der Waals surface area contributed by atoms with Gasteiger partial charge in [-0.3, -0.25) is 4.79 Å². The number of carbonyl (C=O) groups excluding carboxylic acids is 1. The molecule has 2 atom stereocenters. The van der Waals surface area contributed by atoms with Crippen molar-refractivity contribution in [2.75, 3.05) is 7.05 Å². The molecule has 35 heavy (non-hydrogen) atoms. The number of nitrogens with one attached hydrogen (secondary N) is 1. The molecule has 6 rings (SSSR count). The maximum absolute atomic E-state index is 14.0. The van der Waals surface area contributed by atoms with E-state index in [4.69, 9.17) is 0 Å². The minimum absolute atomic E-state index is 0.0190. The molecule has 1 N–H and O–H groups in total. The number of fused-ring (bicyclic) bond motifs is 4. The second-order valence-corrected chi connectivity index (χ2v) is 9.54. The number of halogens is 3. The number of rotatable bonds is 3. The fourth-order valence-corrected chi connectivity index (χ4v) is 5.70. The minimum atomic E-state index is -4.67. The second-order valence-electron chi connectivity index (χ2n) is 9.54. The first-order valence-corrected chi connectivity index (χ1v) is 11.8. The van der Waals surface area contributed by atoms with Crippen LogP contribution in [0, 0.1) is 0 Å². The van der Waals surface area contributed by atoms with Crippen LogP contribution in [-0.4, -0.2) is 50.6 Å². The lowest BCUT2D eigenvalue weighted by molar-refractivity contribution is -0.142. The van der Waals surface area contributed by atoms with Crippen LogP contribution in [-0.2, 0) is 6.18 Å². The van der Waals surface area contributed by atoms with Crippen LogP contribution in [0.1, 0.15) is 41.7 Å². The van der Waals surface area contributed by atoms with Crippen molar-refractivity contribution >= 4 is 22.3 Å². The summed E-state index contributed by atoms with van der Waals surface area (Å²) in [5.41, 5.74) is -0.314. The number of aromatic nitrogens is 3. The van der Waals surface area contributed by atoms with Gasteiger partial charge >= 0.3 is 6.18 Å². The molecule has 0 radical (unpaired) electrons. The second kappa shape index (κ2) is 8.05. The van der Waals surface area contributed by atoms with E-state index in [1.54, 1.807) is 12.1 Å². The molecule has 0 saturated carbocycles. The van der Waals surface area contributed by atoms with Gasteiger partial charge in [0.05, 0.1) is 11.9 Å². The highest BCUT2D eigenvalue weighted by molar-refractivity contribution is 6.01. The lowest BCUT2D eigenvalue weighted by Crippen LogP contribution is -2.48. The van der Waals surface area contributed by atoms with E-state index in [2.05, 4.69) is 27.3 Å². The lowest BCUT2D eigenvalue weighted by Gasteiger charge is -2.36. The standard InChI is InChI=1S/C26H24F3N5O/c1-33-17-9-10-18(33)12-16(11-17)31-25(35)21-14-30-34-23(26(27,28)29)13-22(32-24(21)34)20-8-4-6-15-5-2-3-7-19(15)20/h2-8,13-14,16-18H,9-12H2,1H3,(H,31,35). The molecule has 2 aliphatic heterocycles. The Kier molecular flexibility index (Phi) is 5.07. The molecule has 6 nitrogen and oxygen atoms in total. The maximum Gasteiger partial charge on any atom is 0.433 e. The summed E-state index contributed by atoms with van der Waals surface area (Å²) < 4.78 is 42.9. The summed E-state index contributed by atoms with van der Waals surface area (Å²) in [6, 6.07) is 14.7. The zero-order chi connectivity index (χ0) is 24.3. The van der Waals surface area contributed by atoms with Crippen LogP contribution >= 0.6 is 0 Å². The summed E-state index contributed by atoms with van der Waals surface area (Å²) in [6.07, 6.45) is 0.391. The quantitative estimate of drug-likeness (QED) is 0.453. The normalized spacial score (nSPS) is 22.7. The van der Waals surface area contributed by atoms with Crippen LogP contribution in [0.2, 0.25) is 0 Å². The Hall–Kier alpha value is -3.46. The first kappa shape index (κ1) is 22.0. The highest BCUT2D eigenvalue weighted by Crippen LogP contribution is 2.36. The van der Waals surface area contributed by atoms with Crippen LogP contribution in [0.3, 0.4) is 0 Å². The lowest BCUT2D eigenvalue weighted by atomic mass is 9.98. The van der Waals surface area contributed by atoms with Crippen molar-refractivity contribution in [1.29, 1.82) is 0 Å². The van der Waals surface area contributed by atoms with Gasteiger partial charge in [0.2, 0.25) is 0 Å². The number of piperidine rings is 1. The number of benzene rings is 2. The van der Waals surface area contributed by atoms with Crippen LogP contribution < -0.4 is 5.32 Å². The van der Waals surface area contributed by atoms with Gasteiger partial charge in [-0.15, -0.1) is 0 Å². The highest BCUT2D eigenvalue weighted by Gasteiger charge is 2.40. The molecule has 2 bridgehead atoms. The number of nitrogens with zero attached hydrogens (tertiary/aromatic N) is 4. The van der Waals surface area contributed by atoms with Crippen LogP contribution in [0.4, 0.5) is 13.2 Å². The average molecular weight is 480 g/mol. The summed E-state index contributed by atoms with van der Waals surface area (Å²) in [4.78, 5) is 20.1. The van der Waals surface area contributed by atoms with E-state index in [1.165, 1.54) is 6.20 Å². The Morgan fingerprint density at radius 3 is 2.51 bits per heavy atom. The van der Waals surface area contributed by atoms with Crippen LogP contribution in [0.25, 0.3) is 27.7 Å². The zero-order valence-electron chi connectivity index (χ0n) is 19.1. The van der Waals surface area contributed by atoms with Gasteiger partial charge in [0, 0.05) is 23.7 Å². The molecule has 2 aromatic carbocycles. The zero-order valence-corrected chi connectivity index (χ0v) is 19.1. The predicted octanol–water partition coefficient (Wildman–Crippen LogP) is 4.92. The van der Waals surface area contributed by atoms with Gasteiger partial charge in [0.15, 0.2) is 11.3 Å². The minimum Gasteiger partial charge on any atom is -0.349 e. The SMILES string of the molecule is CN1C2CCC1CC(NC(=O)c1cnn3c(C(F)(F)F)cc(-c4cccc5ccccc45)nc13)C2. The Balaban J connectivity index is 1.43. The van der Waals surface area contributed by atoms with E-state index in [1.807, 2.05) is 30.3 Å². The van der Waals surface area contributed by atoms with Crippen molar-refractivity contribution in [3.05, 3.63) is 66.0 Å². The van der Waals surface area contributed by atoms with Crippen molar-refractivity contribution in [3.8, 4) is 11.3 Å². The summed E-state index contributed by atoms with van der Waals surface area (Å²) in [6.45, 7) is 0. The maximum atomic E-state index is 14.0. The molecule has 2 aromatic heterocycles. The van der Waals surface area contributed by atoms with E-state index in [0.29, 0.717) is 17.6 Å². The first-order valence-electron chi connectivity index (χ1n) is 11.8. The number of alkyl halides is 3. The molecule has 0 aliphatic carbocycles. The van der Waals surface area contributed by atoms with E-state index in [-0.39, 0.29) is 22.9 Å². The molecule has 180 valence electrons. The number of hydrogen-bond acceptors (Lipinski definition) is 4. The molecule has 2 aliphatic rings. The molecule has 0 spiro atoms. The number of hydrogen-bond donors (Lipinski definition) is 1. The Morgan fingerprint density at radius 1 is 1.06 bits per heavy atom. The fraction of sp³-hybridized carbons (Fsp3) is 0.346. The Bertz CT molecular complexity index is 1430. The molecular weight excluding hydrogens is 455 g/mol. The van der Waals surface area contributed by atoms with Gasteiger partial charge < -0.3 is 10.2 Å². The van der Waals surface area contributed by atoms with Crippen molar-refractivity contribution in [1.82, 2.24) is 24.8 Å². The van der Waals surface area contributed by atoms with E-state index in [9.17, 15) is 18.0 Å². The monoisotopic (exact) mass is 479 g/mol. The Morgan fingerprint density at radius 2 is 1.77 bits per heavy atom. The van der Waals surface area contributed by atoms with Crippen molar-refractivity contribution in [3.63, 3.8) is 0 Å². The third kappa shape index (κ3) is 3.74. The summed E-state index contributed by atoms with van der Waals surface area (Å²) in [7, 11) is 2.11. The molecule has 2 saturated heterocycles. The molecule has 1 amide bonds. The van der Waals surface area contributed by atoms with Gasteiger partial charge in [0.25, 0.3) is 5.91 Å². The van der Waals surface area contributed by atoms with E-state index >= 15 is 0 Å². The molecule has 2 fully saturated rings. The smallest absolute Gasteiger partial charge is 0.349 e. The summed E-state index contributed by atoms with van der Waals surface area (Å²) in [5, 5.41) is 8.63. The van der Waals surface area contributed by atoms with E-state index in [0.717, 1.165) is 47.0 Å². The van der Waals surface area contributed by atoms with Gasteiger partial charge in [-0.05, 0) is 49.6 Å². The Labute approximate surface area is 199 Å². The van der Waals surface area contributed by atoms with E-state index < -0.39 is 17.8 Å². The van der Waals surface area contributed by atoms with Gasteiger partial charge in [-0.1, -0.05) is 42.5 Å². The van der Waals surface area contributed by atoms with Gasteiger partial charge in [0.1, 0.15) is 5.56 Å². The van der Waals surface area contributed by atoms with Crippen LogP contribution in [0.15, 0.2) is 54.7 Å². The number of carbonyl (C=O) groups is 1. The molecule has 9 heteroatoms. The summed E-state index contributed by atoms with van der Waals surface area (Å²) >= 11 is 0.